The van der Waals surface area contributed by atoms with Gasteiger partial charge in [0.2, 0.25) is 5.95 Å². The highest BCUT2D eigenvalue weighted by Gasteiger charge is 2.24. The summed E-state index contributed by atoms with van der Waals surface area (Å²) in [5.74, 6) is 2.17. The number of rotatable bonds is 11. The van der Waals surface area contributed by atoms with Crippen LogP contribution in [-0.4, -0.2) is 74.5 Å². The van der Waals surface area contributed by atoms with Crippen LogP contribution < -0.4 is 5.32 Å². The number of benzene rings is 3. The first-order chi connectivity index (χ1) is 20.6. The predicted octanol–water partition coefficient (Wildman–Crippen LogP) is 5.63. The van der Waals surface area contributed by atoms with Gasteiger partial charge in [0.1, 0.15) is 5.82 Å². The largest absolute Gasteiger partial charge is 0.353 e. The van der Waals surface area contributed by atoms with Crippen molar-refractivity contribution in [3.05, 3.63) is 114 Å². The summed E-state index contributed by atoms with van der Waals surface area (Å²) in [4.78, 5) is 30.1. The van der Waals surface area contributed by atoms with Crippen LogP contribution in [0.1, 0.15) is 46.9 Å². The quantitative estimate of drug-likeness (QED) is 0.218. The van der Waals surface area contributed by atoms with Gasteiger partial charge in [-0.2, -0.15) is 0 Å². The third-order valence-corrected chi connectivity index (χ3v) is 8.36. The summed E-state index contributed by atoms with van der Waals surface area (Å²) in [5.41, 5.74) is 4.12. The molecule has 0 radical (unpaired) electrons. The molecule has 2 N–H and O–H groups in total. The molecule has 1 aliphatic rings. The lowest BCUT2D eigenvalue weighted by molar-refractivity contribution is 0.0782. The van der Waals surface area contributed by atoms with Crippen molar-refractivity contribution in [2.24, 2.45) is 0 Å². The molecular formula is C34H39N7O. The maximum Gasteiger partial charge on any atom is 0.253 e. The number of likely N-dealkylation sites (N-methyl/N-ethyl adjacent to an activating group) is 1. The number of piperidine rings is 1. The Morgan fingerprint density at radius 1 is 1.00 bits per heavy atom. The van der Waals surface area contributed by atoms with Crippen LogP contribution in [0.25, 0.3) is 11.0 Å². The van der Waals surface area contributed by atoms with E-state index in [9.17, 15) is 4.79 Å². The number of carbonyl (C=O) groups is 1. The second-order valence-electron chi connectivity index (χ2n) is 11.3. The fraction of sp³-hybridized carbons (Fsp3) is 0.324. The Labute approximate surface area is 247 Å². The summed E-state index contributed by atoms with van der Waals surface area (Å²) in [6.07, 6.45) is 6.78. The average molecular weight is 562 g/mol. The topological polar surface area (TPSA) is 82.1 Å². The van der Waals surface area contributed by atoms with E-state index in [1.54, 1.807) is 6.20 Å². The molecular weight excluding hydrogens is 522 g/mol. The van der Waals surface area contributed by atoms with E-state index in [0.29, 0.717) is 19.1 Å². The predicted molar refractivity (Wildman–Crippen MR) is 168 cm³/mol. The Balaban J connectivity index is 1.06. The van der Waals surface area contributed by atoms with E-state index in [1.165, 1.54) is 5.56 Å². The van der Waals surface area contributed by atoms with E-state index in [0.717, 1.165) is 67.3 Å². The molecule has 216 valence electrons. The van der Waals surface area contributed by atoms with Gasteiger partial charge in [0.15, 0.2) is 0 Å². The summed E-state index contributed by atoms with van der Waals surface area (Å²) in [5, 5.41) is 3.76. The number of hydrogen-bond donors (Lipinski definition) is 2. The fourth-order valence-corrected chi connectivity index (χ4v) is 6.01. The monoisotopic (exact) mass is 561 g/mol. The van der Waals surface area contributed by atoms with Crippen LogP contribution in [0.2, 0.25) is 0 Å². The van der Waals surface area contributed by atoms with Gasteiger partial charge in [-0.05, 0) is 55.6 Å². The van der Waals surface area contributed by atoms with Crippen LogP contribution in [0.4, 0.5) is 5.95 Å². The zero-order valence-electron chi connectivity index (χ0n) is 24.2. The Morgan fingerprint density at radius 3 is 2.45 bits per heavy atom. The number of likely N-dealkylation sites (tertiary alicyclic amines) is 1. The zero-order chi connectivity index (χ0) is 28.7. The van der Waals surface area contributed by atoms with Gasteiger partial charge < -0.3 is 24.7 Å². The van der Waals surface area contributed by atoms with Crippen LogP contribution in [-0.2, 0) is 6.54 Å². The number of para-hydroxylation sites is 2. The van der Waals surface area contributed by atoms with Crippen LogP contribution in [0, 0.1) is 0 Å². The van der Waals surface area contributed by atoms with Crippen molar-refractivity contribution >= 4 is 22.9 Å². The fourth-order valence-electron chi connectivity index (χ4n) is 6.01. The van der Waals surface area contributed by atoms with E-state index in [4.69, 9.17) is 4.98 Å². The molecule has 8 nitrogen and oxygen atoms in total. The molecule has 6 rings (SSSR count). The number of carbonyl (C=O) groups excluding carboxylic acids is 1. The number of H-pyrrole nitrogens is 1. The number of hydrogen-bond acceptors (Lipinski definition) is 5. The number of aromatic nitrogens is 4. The lowest BCUT2D eigenvalue weighted by Gasteiger charge is -2.34. The van der Waals surface area contributed by atoms with Gasteiger partial charge in [-0.25, -0.2) is 9.97 Å². The van der Waals surface area contributed by atoms with Crippen molar-refractivity contribution in [3.63, 3.8) is 0 Å². The van der Waals surface area contributed by atoms with Crippen LogP contribution in [0.15, 0.2) is 97.3 Å². The summed E-state index contributed by atoms with van der Waals surface area (Å²) in [7, 11) is 1.92. The number of nitrogens with one attached hydrogen (secondary N) is 2. The summed E-state index contributed by atoms with van der Waals surface area (Å²) in [6, 6.07) is 28.8. The highest BCUT2D eigenvalue weighted by atomic mass is 16.2. The van der Waals surface area contributed by atoms with Crippen LogP contribution >= 0.6 is 0 Å². The Hall–Kier alpha value is -4.43. The minimum Gasteiger partial charge on any atom is -0.353 e. The van der Waals surface area contributed by atoms with E-state index < -0.39 is 0 Å². The molecule has 1 aliphatic heterocycles. The lowest BCUT2D eigenvalue weighted by Crippen LogP contribution is -2.40. The first-order valence-corrected chi connectivity index (χ1v) is 14.9. The molecule has 42 heavy (non-hydrogen) atoms. The molecule has 1 fully saturated rings. The first-order valence-electron chi connectivity index (χ1n) is 14.9. The molecule has 1 saturated heterocycles. The molecule has 0 aliphatic carbocycles. The number of fused-ring (bicyclic) bond motifs is 1. The zero-order valence-corrected chi connectivity index (χ0v) is 24.2. The Kier molecular flexibility index (Phi) is 8.61. The highest BCUT2D eigenvalue weighted by molar-refractivity contribution is 5.94. The van der Waals surface area contributed by atoms with Gasteiger partial charge in [-0.15, -0.1) is 0 Å². The van der Waals surface area contributed by atoms with Gasteiger partial charge in [0, 0.05) is 56.6 Å². The standard InChI is InChI=1S/C34H39N7O/c1-39(33(42)27-12-6-3-7-13-27)24-28(26-10-4-2-5-11-26)16-21-40-22-17-29(18-23-40)37-34-38-30-14-8-9-15-31(30)41(34)25-32-35-19-20-36-32/h2-15,19-20,28-29H,16-18,21-25H2,1H3,(H,35,36)(H,37,38). The Bertz CT molecular complexity index is 1560. The van der Waals surface area contributed by atoms with E-state index >= 15 is 0 Å². The van der Waals surface area contributed by atoms with Gasteiger partial charge in [0.25, 0.3) is 5.91 Å². The van der Waals surface area contributed by atoms with Gasteiger partial charge in [-0.3, -0.25) is 4.79 Å². The molecule has 3 aromatic carbocycles. The van der Waals surface area contributed by atoms with E-state index in [-0.39, 0.29) is 11.8 Å². The molecule has 0 bridgehead atoms. The molecule has 2 aromatic heterocycles. The van der Waals surface area contributed by atoms with Crippen molar-refractivity contribution in [1.29, 1.82) is 0 Å². The summed E-state index contributed by atoms with van der Waals surface area (Å²) in [6.45, 7) is 4.43. The van der Waals surface area contributed by atoms with Gasteiger partial charge in [0.05, 0.1) is 17.6 Å². The molecule has 1 unspecified atom stereocenters. The van der Waals surface area contributed by atoms with Gasteiger partial charge in [-0.1, -0.05) is 60.7 Å². The van der Waals surface area contributed by atoms with Crippen molar-refractivity contribution < 1.29 is 4.79 Å². The smallest absolute Gasteiger partial charge is 0.253 e. The molecule has 8 heteroatoms. The van der Waals surface area contributed by atoms with Crippen molar-refractivity contribution in [1.82, 2.24) is 29.3 Å². The number of aromatic amines is 1. The summed E-state index contributed by atoms with van der Waals surface area (Å²) >= 11 is 0. The molecule has 1 atom stereocenters. The van der Waals surface area contributed by atoms with E-state index in [1.807, 2.05) is 54.5 Å². The maximum atomic E-state index is 13.1. The number of imidazole rings is 2. The first kappa shape index (κ1) is 27.7. The van der Waals surface area contributed by atoms with Crippen molar-refractivity contribution in [2.75, 3.05) is 38.5 Å². The van der Waals surface area contributed by atoms with Crippen LogP contribution in [0.5, 0.6) is 0 Å². The SMILES string of the molecule is CN(CC(CCN1CCC(Nc2nc3ccccc3n2Cc2ncc[nH]2)CC1)c1ccccc1)C(=O)c1ccccc1. The normalized spacial score (nSPS) is 15.1. The average Bonchev–Trinajstić information content (AvgIpc) is 3.68. The minimum atomic E-state index is 0.0708. The number of nitrogens with zero attached hydrogens (tertiary/aromatic N) is 5. The van der Waals surface area contributed by atoms with Gasteiger partial charge >= 0.3 is 0 Å². The van der Waals surface area contributed by atoms with Crippen molar-refractivity contribution in [2.45, 2.75) is 37.8 Å². The van der Waals surface area contributed by atoms with Crippen LogP contribution in [0.3, 0.4) is 0 Å². The molecule has 0 spiro atoms. The lowest BCUT2D eigenvalue weighted by atomic mass is 9.94. The van der Waals surface area contributed by atoms with E-state index in [2.05, 4.69) is 73.3 Å². The highest BCUT2D eigenvalue weighted by Crippen LogP contribution is 2.25. The second-order valence-corrected chi connectivity index (χ2v) is 11.3. The molecule has 3 heterocycles. The maximum absolute atomic E-state index is 13.1. The molecule has 1 amide bonds. The molecule has 0 saturated carbocycles. The third kappa shape index (κ3) is 6.55. The second kappa shape index (κ2) is 13.0. The minimum absolute atomic E-state index is 0.0708. The third-order valence-electron chi connectivity index (χ3n) is 8.36. The van der Waals surface area contributed by atoms with Crippen molar-refractivity contribution in [3.8, 4) is 0 Å². The summed E-state index contributed by atoms with van der Waals surface area (Å²) < 4.78 is 2.22. The number of amides is 1. The number of anilines is 1. The molecule has 5 aromatic rings. The Morgan fingerprint density at radius 2 is 1.71 bits per heavy atom.